The quantitative estimate of drug-likeness (QED) is 0.435. The molecule has 0 spiro atoms. The van der Waals surface area contributed by atoms with E-state index in [9.17, 15) is 13.6 Å². The summed E-state index contributed by atoms with van der Waals surface area (Å²) in [6.45, 7) is 0. The third kappa shape index (κ3) is 4.18. The van der Waals surface area contributed by atoms with Crippen LogP contribution in [0.5, 0.6) is 0 Å². The number of carbonyl (C=O) groups is 1. The molecule has 1 fully saturated rings. The summed E-state index contributed by atoms with van der Waals surface area (Å²) in [4.78, 5) is 17.1. The van der Waals surface area contributed by atoms with Gasteiger partial charge in [0.25, 0.3) is 0 Å². The molecule has 1 aliphatic rings. The molecule has 0 unspecified atom stereocenters. The molecule has 3 aromatic heterocycles. The number of rotatable bonds is 3. The van der Waals surface area contributed by atoms with Crippen molar-refractivity contribution < 1.29 is 13.6 Å². The van der Waals surface area contributed by atoms with Gasteiger partial charge in [-0.1, -0.05) is 30.9 Å². The molecule has 0 aliphatic heterocycles. The van der Waals surface area contributed by atoms with Gasteiger partial charge in [0.15, 0.2) is 17.9 Å². The molecular formula is C21H23ClF2N6O. The van der Waals surface area contributed by atoms with Gasteiger partial charge in [-0.25, -0.2) is 9.37 Å². The number of aldehydes is 1. The van der Waals surface area contributed by atoms with Crippen molar-refractivity contribution in [2.24, 2.45) is 0 Å². The first-order valence-corrected chi connectivity index (χ1v) is 9.94. The van der Waals surface area contributed by atoms with E-state index in [1.165, 1.54) is 19.3 Å². The molecule has 3 N–H and O–H groups in total. The van der Waals surface area contributed by atoms with Gasteiger partial charge in [-0.05, 0) is 12.1 Å². The second-order valence-corrected chi connectivity index (χ2v) is 7.49. The topological polar surface area (TPSA) is 92.3 Å². The van der Waals surface area contributed by atoms with Crippen molar-refractivity contribution in [2.75, 3.05) is 31.9 Å². The number of fused-ring (bicyclic) bond motifs is 2. The number of imidazole rings is 1. The predicted octanol–water partition coefficient (Wildman–Crippen LogP) is 4.89. The minimum absolute atomic E-state index is 0.0253. The van der Waals surface area contributed by atoms with Gasteiger partial charge < -0.3 is 10.6 Å². The zero-order chi connectivity index (χ0) is 22.7. The molecule has 31 heavy (non-hydrogen) atoms. The van der Waals surface area contributed by atoms with Crippen LogP contribution in [-0.2, 0) is 0 Å². The number of hydrogen-bond acceptors (Lipinski definition) is 5. The summed E-state index contributed by atoms with van der Waals surface area (Å²) in [5.41, 5.74) is 8.45. The highest BCUT2D eigenvalue weighted by Crippen LogP contribution is 2.42. The summed E-state index contributed by atoms with van der Waals surface area (Å²) in [6, 6.07) is 3.44. The fourth-order valence-corrected chi connectivity index (χ4v) is 3.45. The molecule has 1 aliphatic carbocycles. The Bertz CT molecular complexity index is 1230. The van der Waals surface area contributed by atoms with Crippen molar-refractivity contribution in [2.45, 2.75) is 19.3 Å². The number of benzene rings is 1. The Kier molecular flexibility index (Phi) is 6.74. The van der Waals surface area contributed by atoms with Gasteiger partial charge in [0.05, 0.1) is 23.9 Å². The standard InChI is InChI=1S/C17H14ClFN6O.C3H6.CH3F/c1-24(2)16-14(19)13(18)12(9-5-21-23-15(9)16)8-3-4-11-22-17(20)10(7-26)25(11)6-8;1-2-3-1;1-2/h3-7H,20H2,1-2H3,(H,21,23);1-3H2;1H3. The lowest BCUT2D eigenvalue weighted by Gasteiger charge is -2.18. The van der Waals surface area contributed by atoms with Crippen LogP contribution < -0.4 is 10.6 Å². The van der Waals surface area contributed by atoms with Gasteiger partial charge in [-0.3, -0.25) is 18.7 Å². The van der Waals surface area contributed by atoms with E-state index in [2.05, 4.69) is 15.2 Å². The van der Waals surface area contributed by atoms with Crippen LogP contribution in [0.1, 0.15) is 29.8 Å². The van der Waals surface area contributed by atoms with Crippen molar-refractivity contribution in [1.29, 1.82) is 0 Å². The van der Waals surface area contributed by atoms with Gasteiger partial charge in [0.1, 0.15) is 17.0 Å². The van der Waals surface area contributed by atoms with E-state index in [1.54, 1.807) is 47.9 Å². The third-order valence-electron chi connectivity index (χ3n) is 4.65. The van der Waals surface area contributed by atoms with Crippen LogP contribution in [-0.4, -0.2) is 47.1 Å². The lowest BCUT2D eigenvalue weighted by atomic mass is 10.0. The molecule has 1 aromatic carbocycles. The predicted molar refractivity (Wildman–Crippen MR) is 120 cm³/mol. The Balaban J connectivity index is 0.000000490. The number of halogens is 3. The van der Waals surface area contributed by atoms with Gasteiger partial charge in [0.2, 0.25) is 0 Å². The molecule has 4 aromatic rings. The highest BCUT2D eigenvalue weighted by Gasteiger charge is 2.23. The van der Waals surface area contributed by atoms with Gasteiger partial charge >= 0.3 is 0 Å². The van der Waals surface area contributed by atoms with Crippen molar-refractivity contribution in [1.82, 2.24) is 19.6 Å². The number of hydrogen-bond donors (Lipinski definition) is 2. The van der Waals surface area contributed by atoms with E-state index < -0.39 is 5.82 Å². The summed E-state index contributed by atoms with van der Waals surface area (Å²) in [5.74, 6) is -0.421. The monoisotopic (exact) mass is 448 g/mol. The number of nitrogens with one attached hydrogen (secondary N) is 1. The molecule has 0 amide bonds. The lowest BCUT2D eigenvalue weighted by molar-refractivity contribution is 0.111. The number of nitrogen functional groups attached to an aromatic ring is 1. The Morgan fingerprint density at radius 3 is 2.52 bits per heavy atom. The molecule has 0 radical (unpaired) electrons. The van der Waals surface area contributed by atoms with E-state index in [-0.39, 0.29) is 16.5 Å². The third-order valence-corrected chi connectivity index (χ3v) is 5.01. The Morgan fingerprint density at radius 2 is 1.94 bits per heavy atom. The van der Waals surface area contributed by atoms with E-state index >= 15 is 0 Å². The van der Waals surface area contributed by atoms with Gasteiger partial charge in [0, 0.05) is 36.8 Å². The number of anilines is 2. The maximum Gasteiger partial charge on any atom is 0.170 e. The van der Waals surface area contributed by atoms with Gasteiger partial charge in [-0.2, -0.15) is 5.10 Å². The van der Waals surface area contributed by atoms with E-state index in [1.807, 2.05) is 0 Å². The molecule has 1 saturated carbocycles. The van der Waals surface area contributed by atoms with Crippen LogP contribution in [0.4, 0.5) is 20.3 Å². The molecule has 0 atom stereocenters. The Labute approximate surface area is 182 Å². The first-order chi connectivity index (χ1) is 14.9. The minimum atomic E-state index is -0.552. The fraction of sp³-hybridized carbons (Fsp3) is 0.286. The Morgan fingerprint density at radius 1 is 1.26 bits per heavy atom. The number of alkyl halides is 1. The van der Waals surface area contributed by atoms with E-state index in [0.29, 0.717) is 46.8 Å². The van der Waals surface area contributed by atoms with Gasteiger partial charge in [-0.15, -0.1) is 0 Å². The van der Waals surface area contributed by atoms with Crippen LogP contribution >= 0.6 is 11.6 Å². The molecule has 3 heterocycles. The average Bonchev–Trinajstić information content (AvgIpc) is 3.51. The zero-order valence-electron chi connectivity index (χ0n) is 17.4. The summed E-state index contributed by atoms with van der Waals surface area (Å²) in [7, 11) is 3.96. The maximum absolute atomic E-state index is 15.0. The van der Waals surface area contributed by atoms with Crippen molar-refractivity contribution in [3.63, 3.8) is 0 Å². The van der Waals surface area contributed by atoms with Crippen LogP contribution in [0.3, 0.4) is 0 Å². The Hall–Kier alpha value is -3.20. The fourth-order valence-electron chi connectivity index (χ4n) is 3.15. The average molecular weight is 449 g/mol. The number of H-pyrrole nitrogens is 1. The summed E-state index contributed by atoms with van der Waals surface area (Å²) in [6.07, 6.45) is 8.38. The van der Waals surface area contributed by atoms with E-state index in [4.69, 9.17) is 17.3 Å². The molecule has 10 heteroatoms. The number of carbonyl (C=O) groups excluding carboxylic acids is 1. The number of nitrogens with zero attached hydrogens (tertiary/aromatic N) is 4. The molecular weight excluding hydrogens is 426 g/mol. The van der Waals surface area contributed by atoms with Crippen LogP contribution in [0.25, 0.3) is 27.7 Å². The lowest BCUT2D eigenvalue weighted by Crippen LogP contribution is -2.12. The smallest absolute Gasteiger partial charge is 0.170 e. The largest absolute Gasteiger partial charge is 0.382 e. The molecule has 7 nitrogen and oxygen atoms in total. The van der Waals surface area contributed by atoms with Crippen molar-refractivity contribution in [3.05, 3.63) is 41.1 Å². The summed E-state index contributed by atoms with van der Waals surface area (Å²) >= 11 is 6.38. The SMILES string of the molecule is C1CC1.CF.CN(C)c1c(F)c(Cl)c(-c2ccc3nc(N)c(C=O)n3c2)c2cn[nH]c12. The van der Waals surface area contributed by atoms with E-state index in [0.717, 1.165) is 0 Å². The number of pyridine rings is 1. The number of aromatic amines is 1. The number of nitrogens with two attached hydrogens (primary N) is 1. The second kappa shape index (κ2) is 9.30. The molecule has 164 valence electrons. The molecule has 0 saturated heterocycles. The maximum atomic E-state index is 15.0. The first-order valence-electron chi connectivity index (χ1n) is 9.56. The summed E-state index contributed by atoms with van der Waals surface area (Å²) < 4.78 is 26.0. The second-order valence-electron chi connectivity index (χ2n) is 7.11. The van der Waals surface area contributed by atoms with Crippen LogP contribution in [0.2, 0.25) is 5.02 Å². The highest BCUT2D eigenvalue weighted by atomic mass is 35.5. The number of aromatic nitrogens is 4. The zero-order valence-corrected chi connectivity index (χ0v) is 18.2. The van der Waals surface area contributed by atoms with Crippen molar-refractivity contribution in [3.8, 4) is 11.1 Å². The molecule has 5 rings (SSSR count). The molecule has 0 bridgehead atoms. The normalized spacial score (nSPS) is 12.1. The first kappa shape index (κ1) is 22.5. The highest BCUT2D eigenvalue weighted by molar-refractivity contribution is 6.36. The van der Waals surface area contributed by atoms with Crippen LogP contribution in [0, 0.1) is 5.82 Å². The minimum Gasteiger partial charge on any atom is -0.382 e. The van der Waals surface area contributed by atoms with Crippen LogP contribution in [0.15, 0.2) is 24.5 Å². The summed E-state index contributed by atoms with van der Waals surface area (Å²) in [5, 5.41) is 7.51. The van der Waals surface area contributed by atoms with Crippen molar-refractivity contribution >= 4 is 45.9 Å².